The van der Waals surface area contributed by atoms with Gasteiger partial charge in [0.15, 0.2) is 0 Å². The van der Waals surface area contributed by atoms with Crippen LogP contribution in [0.25, 0.3) is 10.8 Å². The molecule has 4 heteroatoms. The van der Waals surface area contributed by atoms with E-state index in [1.165, 1.54) is 0 Å². The molecule has 0 saturated carbocycles. The summed E-state index contributed by atoms with van der Waals surface area (Å²) in [6.45, 7) is 2.06. The lowest BCUT2D eigenvalue weighted by Crippen LogP contribution is -2.28. The first-order valence-corrected chi connectivity index (χ1v) is 8.40. The van der Waals surface area contributed by atoms with Crippen LogP contribution >= 0.6 is 0 Å². The van der Waals surface area contributed by atoms with Gasteiger partial charge in [0, 0.05) is 11.3 Å². The smallest absolute Gasteiger partial charge is 0.125 e. The number of phenols is 1. The van der Waals surface area contributed by atoms with Gasteiger partial charge in [0.2, 0.25) is 0 Å². The first-order valence-electron chi connectivity index (χ1n) is 8.40. The summed E-state index contributed by atoms with van der Waals surface area (Å²) < 4.78 is 0. The van der Waals surface area contributed by atoms with E-state index in [1.54, 1.807) is 18.2 Å². The summed E-state index contributed by atoms with van der Waals surface area (Å²) in [6, 6.07) is 11.3. The lowest BCUT2D eigenvalue weighted by atomic mass is 9.92. The zero-order chi connectivity index (χ0) is 16.9. The fourth-order valence-electron chi connectivity index (χ4n) is 3.18. The highest BCUT2D eigenvalue weighted by Crippen LogP contribution is 2.25. The highest BCUT2D eigenvalue weighted by molar-refractivity contribution is 6.13. The molecule has 24 heavy (non-hydrogen) atoms. The lowest BCUT2D eigenvalue weighted by Gasteiger charge is -2.21. The van der Waals surface area contributed by atoms with Crippen molar-refractivity contribution in [2.75, 3.05) is 13.1 Å². The van der Waals surface area contributed by atoms with Gasteiger partial charge in [0.25, 0.3) is 0 Å². The second kappa shape index (κ2) is 7.41. The molecule has 1 saturated heterocycles. The van der Waals surface area contributed by atoms with Crippen molar-refractivity contribution in [3.05, 3.63) is 54.1 Å². The van der Waals surface area contributed by atoms with Crippen molar-refractivity contribution < 1.29 is 5.11 Å². The van der Waals surface area contributed by atoms with Crippen LogP contribution in [0, 0.1) is 16.7 Å². The Kier molecular flexibility index (Phi) is 5.06. The van der Waals surface area contributed by atoms with E-state index in [-0.39, 0.29) is 11.5 Å². The van der Waals surface area contributed by atoms with Crippen LogP contribution in [0.15, 0.2) is 48.6 Å². The molecule has 1 heterocycles. The molecular formula is C20H23N3O. The van der Waals surface area contributed by atoms with E-state index in [0.29, 0.717) is 17.2 Å². The Morgan fingerprint density at radius 3 is 2.46 bits per heavy atom. The number of aromatic hydroxyl groups is 1. The Balaban J connectivity index is 1.69. The maximum atomic E-state index is 10.2. The molecule has 0 radical (unpaired) electrons. The predicted octanol–water partition coefficient (Wildman–Crippen LogP) is 3.88. The van der Waals surface area contributed by atoms with E-state index in [0.717, 1.165) is 43.1 Å². The van der Waals surface area contributed by atoms with E-state index < -0.39 is 0 Å². The summed E-state index contributed by atoms with van der Waals surface area (Å²) in [6.07, 6.45) is 6.29. The van der Waals surface area contributed by atoms with Gasteiger partial charge < -0.3 is 21.2 Å². The summed E-state index contributed by atoms with van der Waals surface area (Å²) in [4.78, 5) is 0. The summed E-state index contributed by atoms with van der Waals surface area (Å²) in [7, 11) is 0. The average Bonchev–Trinajstić information content (AvgIpc) is 2.60. The number of phenolic OH excluding ortho intramolecular Hbond substituents is 1. The molecule has 1 aliphatic rings. The largest absolute Gasteiger partial charge is 0.507 e. The molecular weight excluding hydrogens is 298 g/mol. The predicted molar refractivity (Wildman–Crippen MR) is 99.5 cm³/mol. The number of hydrogen-bond acceptors (Lipinski definition) is 4. The Labute approximate surface area is 142 Å². The van der Waals surface area contributed by atoms with Crippen molar-refractivity contribution in [2.45, 2.75) is 19.3 Å². The third-order valence-corrected chi connectivity index (χ3v) is 4.57. The maximum Gasteiger partial charge on any atom is 0.125 e. The van der Waals surface area contributed by atoms with Crippen LogP contribution in [-0.4, -0.2) is 29.6 Å². The Bertz CT molecular complexity index is 789. The van der Waals surface area contributed by atoms with Crippen LogP contribution in [0.1, 0.15) is 24.8 Å². The fourth-order valence-corrected chi connectivity index (χ4v) is 3.18. The molecule has 0 spiro atoms. The number of rotatable bonds is 5. The molecule has 4 N–H and O–H groups in total. The lowest BCUT2D eigenvalue weighted by molar-refractivity contribution is 0.384. The van der Waals surface area contributed by atoms with Crippen molar-refractivity contribution in [1.82, 2.24) is 5.32 Å². The van der Waals surface area contributed by atoms with Crippen molar-refractivity contribution in [3.63, 3.8) is 0 Å². The molecule has 0 atom stereocenters. The summed E-state index contributed by atoms with van der Waals surface area (Å²) in [5.74, 6) is 0.667. The summed E-state index contributed by atoms with van der Waals surface area (Å²) >= 11 is 0. The minimum Gasteiger partial charge on any atom is -0.507 e. The molecule has 2 aromatic rings. The van der Waals surface area contributed by atoms with Gasteiger partial charge in [-0.15, -0.1) is 0 Å². The van der Waals surface area contributed by atoms with Gasteiger partial charge in [-0.25, -0.2) is 0 Å². The van der Waals surface area contributed by atoms with Crippen molar-refractivity contribution in [1.29, 1.82) is 10.8 Å². The fraction of sp³-hybridized carbons (Fsp3) is 0.300. The van der Waals surface area contributed by atoms with Crippen LogP contribution < -0.4 is 5.32 Å². The number of nitrogens with one attached hydrogen (secondary N) is 3. The van der Waals surface area contributed by atoms with Crippen LogP contribution in [-0.2, 0) is 0 Å². The van der Waals surface area contributed by atoms with Gasteiger partial charge in [-0.2, -0.15) is 0 Å². The summed E-state index contributed by atoms with van der Waals surface area (Å²) in [5.41, 5.74) is 1.28. The average molecular weight is 321 g/mol. The molecule has 0 bridgehead atoms. The molecule has 0 aromatic heterocycles. The molecule has 1 fully saturated rings. The Morgan fingerprint density at radius 2 is 1.75 bits per heavy atom. The highest BCUT2D eigenvalue weighted by atomic mass is 16.3. The zero-order valence-electron chi connectivity index (χ0n) is 13.7. The second-order valence-electron chi connectivity index (χ2n) is 6.39. The second-order valence-corrected chi connectivity index (χ2v) is 6.39. The van der Waals surface area contributed by atoms with Crippen LogP contribution in [0.3, 0.4) is 0 Å². The Morgan fingerprint density at radius 1 is 1.08 bits per heavy atom. The SMILES string of the molecule is N=C(C=CC(=N)c1cc2ccccc2cc1O)CC1CCNCC1. The number of hydrogen-bond donors (Lipinski definition) is 4. The van der Waals surface area contributed by atoms with Gasteiger partial charge in [-0.1, -0.05) is 24.3 Å². The monoisotopic (exact) mass is 321 g/mol. The molecule has 3 rings (SSSR count). The minimum atomic E-state index is 0.105. The number of benzene rings is 2. The van der Waals surface area contributed by atoms with Gasteiger partial charge in [-0.05, 0) is 73.3 Å². The first kappa shape index (κ1) is 16.4. The van der Waals surface area contributed by atoms with Crippen molar-refractivity contribution in [3.8, 4) is 5.75 Å². The standard InChI is InChI=1S/C20H23N3O/c21-17(11-14-7-9-23-10-8-14)5-6-19(22)18-12-15-3-1-2-4-16(15)13-20(18)24/h1-6,12-14,21-24H,7-11H2. The molecule has 124 valence electrons. The number of allylic oxidation sites excluding steroid dienone is 2. The first-order chi connectivity index (χ1) is 11.6. The number of fused-ring (bicyclic) bond motifs is 1. The highest BCUT2D eigenvalue weighted by Gasteiger charge is 2.14. The van der Waals surface area contributed by atoms with E-state index in [4.69, 9.17) is 10.8 Å². The quantitative estimate of drug-likeness (QED) is 0.631. The van der Waals surface area contributed by atoms with Crippen LogP contribution in [0.2, 0.25) is 0 Å². The normalized spacial score (nSPS) is 15.8. The molecule has 0 unspecified atom stereocenters. The van der Waals surface area contributed by atoms with E-state index in [2.05, 4.69) is 5.32 Å². The Hall–Kier alpha value is -2.46. The van der Waals surface area contributed by atoms with E-state index in [9.17, 15) is 5.11 Å². The topological polar surface area (TPSA) is 80.0 Å². The van der Waals surface area contributed by atoms with Gasteiger partial charge >= 0.3 is 0 Å². The molecule has 1 aliphatic heterocycles. The van der Waals surface area contributed by atoms with Crippen LogP contribution in [0.4, 0.5) is 0 Å². The maximum absolute atomic E-state index is 10.2. The third kappa shape index (κ3) is 3.89. The number of piperidine rings is 1. The molecule has 4 nitrogen and oxygen atoms in total. The molecule has 2 aromatic carbocycles. The molecule has 0 aliphatic carbocycles. The van der Waals surface area contributed by atoms with Crippen molar-refractivity contribution in [2.24, 2.45) is 5.92 Å². The van der Waals surface area contributed by atoms with E-state index >= 15 is 0 Å². The van der Waals surface area contributed by atoms with Gasteiger partial charge in [-0.3, -0.25) is 0 Å². The zero-order valence-corrected chi connectivity index (χ0v) is 13.7. The van der Waals surface area contributed by atoms with Gasteiger partial charge in [0.1, 0.15) is 5.75 Å². The van der Waals surface area contributed by atoms with Crippen molar-refractivity contribution >= 4 is 22.2 Å². The van der Waals surface area contributed by atoms with E-state index in [1.807, 2.05) is 30.3 Å². The van der Waals surface area contributed by atoms with Gasteiger partial charge in [0.05, 0.1) is 5.71 Å². The summed E-state index contributed by atoms with van der Waals surface area (Å²) in [5, 5.41) is 31.8. The molecule has 0 amide bonds. The minimum absolute atomic E-state index is 0.105. The third-order valence-electron chi connectivity index (χ3n) is 4.57. The van der Waals surface area contributed by atoms with Crippen LogP contribution in [0.5, 0.6) is 5.75 Å².